The molecule has 3 rings (SSSR count). The third kappa shape index (κ3) is 1.66. The fourth-order valence-electron chi connectivity index (χ4n) is 2.43. The van der Waals surface area contributed by atoms with Crippen molar-refractivity contribution < 1.29 is 0 Å². The van der Waals surface area contributed by atoms with Gasteiger partial charge in [-0.25, -0.2) is 0 Å². The van der Waals surface area contributed by atoms with Crippen molar-refractivity contribution in [3.63, 3.8) is 0 Å². The predicted molar refractivity (Wildman–Crippen MR) is 76.8 cm³/mol. The minimum Gasteiger partial charge on any atom is -0.0883 e. The first-order chi connectivity index (χ1) is 8.10. The maximum Gasteiger partial charge on any atom is 0.0317 e. The van der Waals surface area contributed by atoms with Crippen LogP contribution in [0, 0.1) is 0 Å². The first-order valence-electron chi connectivity index (χ1n) is 5.67. The van der Waals surface area contributed by atoms with Gasteiger partial charge in [0.25, 0.3) is 0 Å². The summed E-state index contributed by atoms with van der Waals surface area (Å²) >= 11 is 5.53. The molecule has 17 heavy (non-hydrogen) atoms. The molecular weight excluding hydrogens is 292 g/mol. The molecular formula is C15H13BrS. The van der Waals surface area contributed by atoms with E-state index in [0.29, 0.717) is 0 Å². The molecule has 2 aromatic carbocycles. The lowest BCUT2D eigenvalue weighted by Gasteiger charge is -2.34. The van der Waals surface area contributed by atoms with Gasteiger partial charge in [0.15, 0.2) is 0 Å². The molecule has 1 aliphatic rings. The lowest BCUT2D eigenvalue weighted by atomic mass is 9.78. The minimum atomic E-state index is 0.0843. The summed E-state index contributed by atoms with van der Waals surface area (Å²) in [5, 5.41) is 0. The maximum atomic E-state index is 3.66. The average molecular weight is 305 g/mol. The fraction of sp³-hybridized carbons (Fsp3) is 0.200. The van der Waals surface area contributed by atoms with Crippen molar-refractivity contribution in [3.8, 4) is 0 Å². The topological polar surface area (TPSA) is 0 Å². The second kappa shape index (κ2) is 3.89. The Kier molecular flexibility index (Phi) is 2.60. The predicted octanol–water partition coefficient (Wildman–Crippen LogP) is 5.24. The maximum absolute atomic E-state index is 3.66. The Morgan fingerprint density at radius 2 is 1.65 bits per heavy atom. The highest BCUT2D eigenvalue weighted by atomic mass is 79.9. The molecule has 86 valence electrons. The van der Waals surface area contributed by atoms with E-state index >= 15 is 0 Å². The normalized spacial score (nSPS) is 16.2. The highest BCUT2D eigenvalue weighted by Gasteiger charge is 2.33. The smallest absolute Gasteiger partial charge is 0.0317 e. The number of hydrogen-bond donors (Lipinski definition) is 0. The Hall–Kier alpha value is -0.730. The monoisotopic (exact) mass is 304 g/mol. The van der Waals surface area contributed by atoms with E-state index in [1.165, 1.54) is 25.4 Å². The number of benzene rings is 2. The summed E-state index contributed by atoms with van der Waals surface area (Å²) in [6.45, 7) is 4.60. The standard InChI is InChI=1S/C15H13BrS/c1-15(2)10-6-3-4-9-13(10)17-14-11(15)7-5-8-12(14)16/h3-9H,1-2H3. The van der Waals surface area contributed by atoms with Crippen molar-refractivity contribution >= 4 is 27.7 Å². The highest BCUT2D eigenvalue weighted by molar-refractivity contribution is 9.10. The van der Waals surface area contributed by atoms with Crippen LogP contribution in [0.25, 0.3) is 0 Å². The van der Waals surface area contributed by atoms with Crippen LogP contribution in [0.3, 0.4) is 0 Å². The molecule has 0 aromatic heterocycles. The first kappa shape index (κ1) is 11.4. The molecule has 0 nitrogen and oxygen atoms in total. The SMILES string of the molecule is CC1(C)c2ccccc2Sc2c(Br)cccc21. The molecule has 0 atom stereocenters. The van der Waals surface area contributed by atoms with E-state index in [1.54, 1.807) is 0 Å². The first-order valence-corrected chi connectivity index (χ1v) is 7.28. The van der Waals surface area contributed by atoms with Crippen molar-refractivity contribution in [3.05, 3.63) is 58.1 Å². The van der Waals surface area contributed by atoms with Crippen molar-refractivity contribution in [1.82, 2.24) is 0 Å². The van der Waals surface area contributed by atoms with Crippen LogP contribution >= 0.6 is 27.7 Å². The highest BCUT2D eigenvalue weighted by Crippen LogP contribution is 2.50. The Balaban J connectivity index is 2.31. The Morgan fingerprint density at radius 1 is 0.941 bits per heavy atom. The molecule has 2 aromatic rings. The molecule has 0 radical (unpaired) electrons. The zero-order valence-corrected chi connectivity index (χ0v) is 12.2. The quantitative estimate of drug-likeness (QED) is 0.641. The molecule has 0 unspecified atom stereocenters. The zero-order valence-electron chi connectivity index (χ0n) is 9.83. The second-order valence-electron chi connectivity index (χ2n) is 4.84. The summed E-state index contributed by atoms with van der Waals surface area (Å²) in [7, 11) is 0. The van der Waals surface area contributed by atoms with Crippen LogP contribution < -0.4 is 0 Å². The van der Waals surface area contributed by atoms with E-state index in [9.17, 15) is 0 Å². The van der Waals surface area contributed by atoms with Gasteiger partial charge in [0.05, 0.1) is 0 Å². The summed E-state index contributed by atoms with van der Waals surface area (Å²) in [6, 6.07) is 15.2. The molecule has 0 saturated carbocycles. The summed E-state index contributed by atoms with van der Waals surface area (Å²) < 4.78 is 1.20. The van der Waals surface area contributed by atoms with Crippen LogP contribution in [0.4, 0.5) is 0 Å². The van der Waals surface area contributed by atoms with Gasteiger partial charge in [-0.2, -0.15) is 0 Å². The van der Waals surface area contributed by atoms with Crippen LogP contribution in [-0.4, -0.2) is 0 Å². The van der Waals surface area contributed by atoms with E-state index in [2.05, 4.69) is 72.2 Å². The van der Waals surface area contributed by atoms with Crippen molar-refractivity contribution in [2.24, 2.45) is 0 Å². The van der Waals surface area contributed by atoms with Gasteiger partial charge in [0.2, 0.25) is 0 Å². The van der Waals surface area contributed by atoms with E-state index in [1.807, 2.05) is 11.8 Å². The molecule has 0 fully saturated rings. The van der Waals surface area contributed by atoms with Crippen molar-refractivity contribution in [1.29, 1.82) is 0 Å². The van der Waals surface area contributed by atoms with Crippen LogP contribution in [0.1, 0.15) is 25.0 Å². The van der Waals surface area contributed by atoms with Gasteiger partial charge in [-0.05, 0) is 39.2 Å². The van der Waals surface area contributed by atoms with Gasteiger partial charge in [0, 0.05) is 19.7 Å². The lowest BCUT2D eigenvalue weighted by molar-refractivity contribution is 0.606. The van der Waals surface area contributed by atoms with Crippen LogP contribution in [-0.2, 0) is 5.41 Å². The summed E-state index contributed by atoms with van der Waals surface area (Å²) in [5.74, 6) is 0. The Morgan fingerprint density at radius 3 is 2.47 bits per heavy atom. The van der Waals surface area contributed by atoms with Crippen molar-refractivity contribution in [2.75, 3.05) is 0 Å². The molecule has 2 heteroatoms. The van der Waals surface area contributed by atoms with E-state index in [4.69, 9.17) is 0 Å². The third-order valence-electron chi connectivity index (χ3n) is 3.41. The van der Waals surface area contributed by atoms with Crippen LogP contribution in [0.2, 0.25) is 0 Å². The van der Waals surface area contributed by atoms with Gasteiger partial charge in [0.1, 0.15) is 0 Å². The minimum absolute atomic E-state index is 0.0843. The van der Waals surface area contributed by atoms with Gasteiger partial charge in [-0.3, -0.25) is 0 Å². The van der Waals surface area contributed by atoms with Crippen LogP contribution in [0.5, 0.6) is 0 Å². The molecule has 0 N–H and O–H groups in total. The molecule has 0 bridgehead atoms. The van der Waals surface area contributed by atoms with Gasteiger partial charge in [-0.15, -0.1) is 0 Å². The van der Waals surface area contributed by atoms with Crippen LogP contribution in [0.15, 0.2) is 56.7 Å². The van der Waals surface area contributed by atoms with Crippen molar-refractivity contribution in [2.45, 2.75) is 29.1 Å². The molecule has 1 heterocycles. The molecule has 0 saturated heterocycles. The molecule has 0 spiro atoms. The summed E-state index contributed by atoms with van der Waals surface area (Å²) in [6.07, 6.45) is 0. The Labute approximate surface area is 115 Å². The van der Waals surface area contributed by atoms with Gasteiger partial charge < -0.3 is 0 Å². The number of fused-ring (bicyclic) bond motifs is 2. The zero-order chi connectivity index (χ0) is 12.0. The molecule has 1 aliphatic heterocycles. The number of halogens is 1. The Bertz CT molecular complexity index is 587. The largest absolute Gasteiger partial charge is 0.0883 e. The summed E-state index contributed by atoms with van der Waals surface area (Å²) in [5.41, 5.74) is 2.92. The lowest BCUT2D eigenvalue weighted by Crippen LogP contribution is -2.23. The van der Waals surface area contributed by atoms with Gasteiger partial charge >= 0.3 is 0 Å². The second-order valence-corrected chi connectivity index (χ2v) is 6.75. The number of rotatable bonds is 0. The average Bonchev–Trinajstić information content (AvgIpc) is 2.31. The molecule has 0 aliphatic carbocycles. The van der Waals surface area contributed by atoms with E-state index in [0.717, 1.165) is 0 Å². The van der Waals surface area contributed by atoms with E-state index in [-0.39, 0.29) is 5.41 Å². The summed E-state index contributed by atoms with van der Waals surface area (Å²) in [4.78, 5) is 2.73. The number of hydrogen-bond acceptors (Lipinski definition) is 1. The van der Waals surface area contributed by atoms with E-state index < -0.39 is 0 Å². The third-order valence-corrected chi connectivity index (χ3v) is 5.56. The van der Waals surface area contributed by atoms with Gasteiger partial charge in [-0.1, -0.05) is 55.9 Å². The fourth-order valence-corrected chi connectivity index (χ4v) is 4.44. The molecule has 0 amide bonds.